The predicted molar refractivity (Wildman–Crippen MR) is 91.3 cm³/mol. The molecular formula is C17H25FN4O2. The summed E-state index contributed by atoms with van der Waals surface area (Å²) < 4.78 is 12.7. The second kappa shape index (κ2) is 7.72. The third-order valence-corrected chi connectivity index (χ3v) is 4.24. The van der Waals surface area contributed by atoms with E-state index in [-0.39, 0.29) is 11.8 Å². The van der Waals surface area contributed by atoms with Crippen molar-refractivity contribution in [2.24, 2.45) is 5.92 Å². The number of H-pyrrole nitrogens is 1. The maximum Gasteiger partial charge on any atom is 0.239 e. The molecule has 0 unspecified atom stereocenters. The number of likely N-dealkylation sites (N-methyl/N-ethyl adjacent to an activating group) is 2. The quantitative estimate of drug-likeness (QED) is 0.711. The summed E-state index contributed by atoms with van der Waals surface area (Å²) in [7, 11) is 5.07. The van der Waals surface area contributed by atoms with Crippen molar-refractivity contribution in [1.29, 1.82) is 0 Å². The van der Waals surface area contributed by atoms with Gasteiger partial charge in [0.2, 0.25) is 5.91 Å². The minimum Gasteiger partial charge on any atom is -0.391 e. The lowest BCUT2D eigenvalue weighted by molar-refractivity contribution is -0.130. The molecule has 132 valence electrons. The molecule has 0 spiro atoms. The summed E-state index contributed by atoms with van der Waals surface area (Å²) in [4.78, 5) is 21.3. The molecule has 7 heteroatoms. The van der Waals surface area contributed by atoms with Gasteiger partial charge in [0.15, 0.2) is 0 Å². The van der Waals surface area contributed by atoms with Crippen LogP contribution >= 0.6 is 0 Å². The number of hydrogen-bond acceptors (Lipinski definition) is 4. The van der Waals surface area contributed by atoms with Gasteiger partial charge in [0.1, 0.15) is 18.5 Å². The first kappa shape index (κ1) is 18.4. The van der Waals surface area contributed by atoms with Gasteiger partial charge in [0.05, 0.1) is 17.1 Å². The summed E-state index contributed by atoms with van der Waals surface area (Å²) in [6, 6.07) is 4.60. The first-order valence-electron chi connectivity index (χ1n) is 7.97. The average Bonchev–Trinajstić information content (AvgIpc) is 2.95. The zero-order valence-corrected chi connectivity index (χ0v) is 14.5. The maximum atomic E-state index is 12.7. The SMILES string of the molecule is CNC(=O)[C@@H]([C@H](O)[C@H](C)Cc1nc2cc(CF)ccc2[nH]1)N(C)C. The van der Waals surface area contributed by atoms with E-state index in [2.05, 4.69) is 15.3 Å². The predicted octanol–water partition coefficient (Wildman–Crippen LogP) is 1.25. The molecule has 1 amide bonds. The van der Waals surface area contributed by atoms with Gasteiger partial charge in [0.25, 0.3) is 0 Å². The molecule has 1 aromatic carbocycles. The minimum atomic E-state index is -0.838. The highest BCUT2D eigenvalue weighted by Gasteiger charge is 2.32. The Balaban J connectivity index is 2.15. The molecule has 0 aliphatic carbocycles. The fourth-order valence-corrected chi connectivity index (χ4v) is 2.86. The normalized spacial score (nSPS) is 15.5. The number of hydrogen-bond donors (Lipinski definition) is 3. The second-order valence-corrected chi connectivity index (χ2v) is 6.36. The average molecular weight is 336 g/mol. The highest BCUT2D eigenvalue weighted by molar-refractivity contribution is 5.82. The van der Waals surface area contributed by atoms with E-state index >= 15 is 0 Å². The fraction of sp³-hybridized carbons (Fsp3) is 0.529. The highest BCUT2D eigenvalue weighted by Crippen LogP contribution is 2.19. The number of halogens is 1. The monoisotopic (exact) mass is 336 g/mol. The molecule has 6 nitrogen and oxygen atoms in total. The van der Waals surface area contributed by atoms with Crippen molar-refractivity contribution in [3.05, 3.63) is 29.6 Å². The van der Waals surface area contributed by atoms with Gasteiger partial charge < -0.3 is 15.4 Å². The van der Waals surface area contributed by atoms with Crippen LogP contribution in [-0.4, -0.2) is 59.2 Å². The Morgan fingerprint density at radius 3 is 2.75 bits per heavy atom. The molecule has 0 saturated carbocycles. The van der Waals surface area contributed by atoms with E-state index in [0.29, 0.717) is 23.3 Å². The molecule has 3 N–H and O–H groups in total. The lowest BCUT2D eigenvalue weighted by Gasteiger charge is -2.30. The first-order chi connectivity index (χ1) is 11.4. The number of benzene rings is 1. The molecule has 0 aliphatic heterocycles. The number of carbonyl (C=O) groups is 1. The second-order valence-electron chi connectivity index (χ2n) is 6.36. The van der Waals surface area contributed by atoms with Crippen molar-refractivity contribution in [3.8, 4) is 0 Å². The molecule has 0 saturated heterocycles. The van der Waals surface area contributed by atoms with Gasteiger partial charge in [-0.15, -0.1) is 0 Å². The number of rotatable bonds is 7. The van der Waals surface area contributed by atoms with Crippen LogP contribution in [-0.2, 0) is 17.9 Å². The zero-order valence-electron chi connectivity index (χ0n) is 14.5. The largest absolute Gasteiger partial charge is 0.391 e. The van der Waals surface area contributed by atoms with E-state index in [1.54, 1.807) is 44.2 Å². The van der Waals surface area contributed by atoms with E-state index in [1.165, 1.54) is 0 Å². The van der Waals surface area contributed by atoms with Crippen LogP contribution in [0.5, 0.6) is 0 Å². The molecule has 0 fully saturated rings. The van der Waals surface area contributed by atoms with Crippen LogP contribution in [0.15, 0.2) is 18.2 Å². The third-order valence-electron chi connectivity index (χ3n) is 4.24. The molecule has 1 aromatic heterocycles. The van der Waals surface area contributed by atoms with Crippen LogP contribution in [0, 0.1) is 5.92 Å². The Hall–Kier alpha value is -1.99. The van der Waals surface area contributed by atoms with E-state index in [0.717, 1.165) is 5.52 Å². The van der Waals surface area contributed by atoms with Gasteiger partial charge in [0, 0.05) is 13.5 Å². The van der Waals surface area contributed by atoms with Crippen molar-refractivity contribution in [2.45, 2.75) is 32.2 Å². The summed E-state index contributed by atoms with van der Waals surface area (Å²) in [5.41, 5.74) is 2.12. The molecule has 0 bridgehead atoms. The molecule has 2 rings (SSSR count). The van der Waals surface area contributed by atoms with Crippen LogP contribution in [0.25, 0.3) is 11.0 Å². The Bertz CT molecular complexity index is 701. The fourth-order valence-electron chi connectivity index (χ4n) is 2.86. The molecule has 0 aliphatic rings. The van der Waals surface area contributed by atoms with E-state index < -0.39 is 18.8 Å². The number of carbonyl (C=O) groups excluding carboxylic acids is 1. The summed E-state index contributed by atoms with van der Waals surface area (Å²) >= 11 is 0. The molecule has 0 radical (unpaired) electrons. The van der Waals surface area contributed by atoms with Crippen LogP contribution in [0.4, 0.5) is 4.39 Å². The number of imidazole rings is 1. The van der Waals surface area contributed by atoms with Gasteiger partial charge in [-0.1, -0.05) is 13.0 Å². The van der Waals surface area contributed by atoms with E-state index in [9.17, 15) is 14.3 Å². The molecule has 2 aromatic rings. The number of fused-ring (bicyclic) bond motifs is 1. The number of amides is 1. The minimum absolute atomic E-state index is 0.184. The van der Waals surface area contributed by atoms with Gasteiger partial charge in [-0.05, 0) is 37.7 Å². The standard InChI is InChI=1S/C17H25FN4O2/c1-10(16(23)15(22(3)4)17(24)19-2)7-14-20-12-6-5-11(9-18)8-13(12)21-14/h5-6,8,10,15-16,23H,7,9H2,1-4H3,(H,19,24)(H,20,21)/t10-,15-,16-/m1/s1. The Labute approximate surface area is 141 Å². The van der Waals surface area contributed by atoms with Gasteiger partial charge in [-0.25, -0.2) is 9.37 Å². The first-order valence-corrected chi connectivity index (χ1v) is 7.97. The summed E-state index contributed by atoms with van der Waals surface area (Å²) in [6.07, 6.45) is -0.350. The highest BCUT2D eigenvalue weighted by atomic mass is 19.1. The van der Waals surface area contributed by atoms with E-state index in [4.69, 9.17) is 0 Å². The van der Waals surface area contributed by atoms with Crippen LogP contribution < -0.4 is 5.32 Å². The number of nitrogens with zero attached hydrogens (tertiary/aromatic N) is 2. The van der Waals surface area contributed by atoms with Crippen LogP contribution in [0.2, 0.25) is 0 Å². The number of aromatic nitrogens is 2. The Morgan fingerprint density at radius 1 is 1.46 bits per heavy atom. The molecular weight excluding hydrogens is 311 g/mol. The summed E-state index contributed by atoms with van der Waals surface area (Å²) in [5.74, 6) is 0.300. The Kier molecular flexibility index (Phi) is 5.90. The van der Waals surface area contributed by atoms with Gasteiger partial charge in [-0.2, -0.15) is 0 Å². The van der Waals surface area contributed by atoms with Gasteiger partial charge >= 0.3 is 0 Å². The van der Waals surface area contributed by atoms with Gasteiger partial charge in [-0.3, -0.25) is 9.69 Å². The molecule has 1 heterocycles. The molecule has 3 atom stereocenters. The lowest BCUT2D eigenvalue weighted by atomic mass is 9.93. The van der Waals surface area contributed by atoms with Crippen molar-refractivity contribution >= 4 is 16.9 Å². The number of nitrogens with one attached hydrogen (secondary N) is 2. The number of aliphatic hydroxyl groups excluding tert-OH is 1. The summed E-state index contributed by atoms with van der Waals surface area (Å²) in [6.45, 7) is 1.36. The maximum absolute atomic E-state index is 12.7. The van der Waals surface area contributed by atoms with Crippen LogP contribution in [0.3, 0.4) is 0 Å². The van der Waals surface area contributed by atoms with Crippen molar-refractivity contribution < 1.29 is 14.3 Å². The zero-order chi connectivity index (χ0) is 17.9. The molecule has 24 heavy (non-hydrogen) atoms. The van der Waals surface area contributed by atoms with Crippen molar-refractivity contribution in [2.75, 3.05) is 21.1 Å². The number of aromatic amines is 1. The Morgan fingerprint density at radius 2 is 2.17 bits per heavy atom. The lowest BCUT2D eigenvalue weighted by Crippen LogP contribution is -2.52. The third kappa shape index (κ3) is 3.91. The topological polar surface area (TPSA) is 81.2 Å². The smallest absolute Gasteiger partial charge is 0.239 e. The van der Waals surface area contributed by atoms with E-state index in [1.807, 2.05) is 6.92 Å². The van der Waals surface area contributed by atoms with Crippen molar-refractivity contribution in [1.82, 2.24) is 20.2 Å². The van der Waals surface area contributed by atoms with Crippen LogP contribution in [0.1, 0.15) is 18.3 Å². The van der Waals surface area contributed by atoms with Crippen molar-refractivity contribution in [3.63, 3.8) is 0 Å². The number of alkyl halides is 1. The number of aliphatic hydroxyl groups is 1. The summed E-state index contributed by atoms with van der Waals surface area (Å²) in [5, 5.41) is 13.2.